The van der Waals surface area contributed by atoms with Crippen molar-refractivity contribution in [3.05, 3.63) is 29.0 Å². The number of amides is 1. The Bertz CT molecular complexity index is 379. The Kier molecular flexibility index (Phi) is 3.41. The van der Waals surface area contributed by atoms with Gasteiger partial charge in [0.25, 0.3) is 0 Å². The van der Waals surface area contributed by atoms with Crippen molar-refractivity contribution in [3.63, 3.8) is 0 Å². The van der Waals surface area contributed by atoms with Gasteiger partial charge >= 0.3 is 6.09 Å². The Morgan fingerprint density at radius 3 is 3.00 bits per heavy atom. The fourth-order valence-electron chi connectivity index (χ4n) is 0.861. The van der Waals surface area contributed by atoms with Crippen LogP contribution in [-0.2, 0) is 0 Å². The second kappa shape index (κ2) is 4.57. The first kappa shape index (κ1) is 10.5. The van der Waals surface area contributed by atoms with Crippen LogP contribution in [0.1, 0.15) is 12.5 Å². The predicted octanol–water partition coefficient (Wildman–Crippen LogP) is 1.73. The molecule has 1 amide bonds. The van der Waals surface area contributed by atoms with Crippen LogP contribution in [0.4, 0.5) is 4.79 Å². The number of nitrogens with one attached hydrogen (secondary N) is 1. The maximum atomic E-state index is 10.2. The monoisotopic (exact) mass is 213 g/mol. The highest BCUT2D eigenvalue weighted by molar-refractivity contribution is 6.34. The van der Waals surface area contributed by atoms with Gasteiger partial charge in [0.05, 0.1) is 10.7 Å². The fourth-order valence-corrected chi connectivity index (χ4v) is 1.12. The summed E-state index contributed by atoms with van der Waals surface area (Å²) in [6, 6.07) is 1.66. The summed E-state index contributed by atoms with van der Waals surface area (Å²) in [5.41, 5.74) is 3.03. The number of pyridine rings is 1. The molecule has 0 aliphatic rings. The van der Waals surface area contributed by atoms with E-state index in [1.807, 2.05) is 5.43 Å². The SMILES string of the molecule is CC(=NNC(=O)O)c1ccncc1Cl. The maximum Gasteiger partial charge on any atom is 0.425 e. The second-order valence-corrected chi connectivity index (χ2v) is 2.88. The highest BCUT2D eigenvalue weighted by atomic mass is 35.5. The summed E-state index contributed by atoms with van der Waals surface area (Å²) in [7, 11) is 0. The van der Waals surface area contributed by atoms with Crippen LogP contribution in [0, 0.1) is 0 Å². The molecule has 74 valence electrons. The Hall–Kier alpha value is -1.62. The zero-order chi connectivity index (χ0) is 10.6. The van der Waals surface area contributed by atoms with Gasteiger partial charge in [-0.25, -0.2) is 10.2 Å². The van der Waals surface area contributed by atoms with Gasteiger partial charge in [-0.1, -0.05) is 11.6 Å². The molecule has 14 heavy (non-hydrogen) atoms. The molecule has 1 heterocycles. The molecule has 0 aliphatic carbocycles. The third-order valence-electron chi connectivity index (χ3n) is 1.48. The lowest BCUT2D eigenvalue weighted by Gasteiger charge is -2.01. The topological polar surface area (TPSA) is 74.6 Å². The van der Waals surface area contributed by atoms with Crippen molar-refractivity contribution in [2.75, 3.05) is 0 Å². The minimum absolute atomic E-state index is 0.431. The zero-order valence-corrected chi connectivity index (χ0v) is 8.12. The molecule has 0 aromatic carbocycles. The van der Waals surface area contributed by atoms with Gasteiger partial charge in [-0.2, -0.15) is 5.10 Å². The molecule has 0 fully saturated rings. The van der Waals surface area contributed by atoms with Crippen LogP contribution in [0.25, 0.3) is 0 Å². The molecule has 0 saturated carbocycles. The van der Waals surface area contributed by atoms with Crippen LogP contribution in [0.5, 0.6) is 0 Å². The zero-order valence-electron chi connectivity index (χ0n) is 7.36. The van der Waals surface area contributed by atoms with Crippen LogP contribution in [-0.4, -0.2) is 21.9 Å². The van der Waals surface area contributed by atoms with Gasteiger partial charge in [-0.3, -0.25) is 4.98 Å². The van der Waals surface area contributed by atoms with Crippen molar-refractivity contribution in [2.24, 2.45) is 5.10 Å². The first-order valence-corrected chi connectivity index (χ1v) is 4.12. The lowest BCUT2D eigenvalue weighted by atomic mass is 10.2. The Balaban J connectivity index is 2.89. The van der Waals surface area contributed by atoms with E-state index in [1.54, 1.807) is 19.2 Å². The van der Waals surface area contributed by atoms with Crippen molar-refractivity contribution in [2.45, 2.75) is 6.92 Å². The third kappa shape index (κ3) is 2.70. The van der Waals surface area contributed by atoms with Crippen molar-refractivity contribution in [1.29, 1.82) is 0 Å². The second-order valence-electron chi connectivity index (χ2n) is 2.47. The summed E-state index contributed by atoms with van der Waals surface area (Å²) in [4.78, 5) is 14.0. The van der Waals surface area contributed by atoms with E-state index < -0.39 is 6.09 Å². The van der Waals surface area contributed by atoms with E-state index in [4.69, 9.17) is 16.7 Å². The minimum Gasteiger partial charge on any atom is -0.464 e. The number of hydrazone groups is 1. The molecule has 0 spiro atoms. The number of hydrogen-bond acceptors (Lipinski definition) is 3. The number of hydrogen-bond donors (Lipinski definition) is 2. The van der Waals surface area contributed by atoms with E-state index >= 15 is 0 Å². The molecule has 0 unspecified atom stereocenters. The molecule has 6 heteroatoms. The van der Waals surface area contributed by atoms with E-state index in [-0.39, 0.29) is 0 Å². The summed E-state index contributed by atoms with van der Waals surface area (Å²) >= 11 is 5.82. The summed E-state index contributed by atoms with van der Waals surface area (Å²) in [6.07, 6.45) is 1.81. The number of aromatic nitrogens is 1. The lowest BCUT2D eigenvalue weighted by Crippen LogP contribution is -2.16. The third-order valence-corrected chi connectivity index (χ3v) is 1.78. The molecule has 1 aromatic heterocycles. The molecule has 0 radical (unpaired) electrons. The highest BCUT2D eigenvalue weighted by Gasteiger charge is 2.03. The van der Waals surface area contributed by atoms with Crippen LogP contribution < -0.4 is 5.43 Å². The number of nitrogens with zero attached hydrogens (tertiary/aromatic N) is 2. The summed E-state index contributed by atoms with van der Waals surface area (Å²) in [5.74, 6) is 0. The highest BCUT2D eigenvalue weighted by Crippen LogP contribution is 2.13. The molecular weight excluding hydrogens is 206 g/mol. The van der Waals surface area contributed by atoms with Crippen LogP contribution in [0.2, 0.25) is 5.02 Å². The molecule has 5 nitrogen and oxygen atoms in total. The molecule has 0 bridgehead atoms. The smallest absolute Gasteiger partial charge is 0.425 e. The molecule has 0 atom stereocenters. The molecule has 2 N–H and O–H groups in total. The molecule has 0 saturated heterocycles. The molecular formula is C8H8ClN3O2. The van der Waals surface area contributed by atoms with E-state index in [0.717, 1.165) is 0 Å². The summed E-state index contributed by atoms with van der Waals surface area (Å²) < 4.78 is 0. The Morgan fingerprint density at radius 2 is 2.43 bits per heavy atom. The van der Waals surface area contributed by atoms with E-state index in [0.29, 0.717) is 16.3 Å². The first-order valence-electron chi connectivity index (χ1n) is 3.74. The minimum atomic E-state index is -1.21. The standard InChI is InChI=1S/C8H8ClN3O2/c1-5(11-12-8(13)14)6-2-3-10-4-7(6)9/h2-4,12H,1H3,(H,13,14). The fraction of sp³-hybridized carbons (Fsp3) is 0.125. The van der Waals surface area contributed by atoms with E-state index in [2.05, 4.69) is 10.1 Å². The van der Waals surface area contributed by atoms with Gasteiger partial charge in [0.2, 0.25) is 0 Å². The van der Waals surface area contributed by atoms with Crippen LogP contribution >= 0.6 is 11.6 Å². The predicted molar refractivity (Wildman–Crippen MR) is 52.6 cm³/mol. The van der Waals surface area contributed by atoms with Gasteiger partial charge in [-0.15, -0.1) is 0 Å². The quantitative estimate of drug-likeness (QED) is 0.580. The van der Waals surface area contributed by atoms with Gasteiger partial charge in [0, 0.05) is 18.0 Å². The van der Waals surface area contributed by atoms with Gasteiger partial charge in [0.1, 0.15) is 0 Å². The summed E-state index contributed by atoms with van der Waals surface area (Å²) in [5, 5.41) is 12.4. The Labute approximate surface area is 85.4 Å². The molecule has 1 rings (SSSR count). The number of carbonyl (C=O) groups is 1. The van der Waals surface area contributed by atoms with Crippen LogP contribution in [0.3, 0.4) is 0 Å². The van der Waals surface area contributed by atoms with Crippen LogP contribution in [0.15, 0.2) is 23.6 Å². The number of rotatable bonds is 2. The summed E-state index contributed by atoms with van der Waals surface area (Å²) in [6.45, 7) is 1.65. The van der Waals surface area contributed by atoms with Crippen molar-refractivity contribution >= 4 is 23.4 Å². The normalized spacial score (nSPS) is 11.1. The van der Waals surface area contributed by atoms with E-state index in [9.17, 15) is 4.79 Å². The van der Waals surface area contributed by atoms with Gasteiger partial charge < -0.3 is 5.11 Å². The van der Waals surface area contributed by atoms with Gasteiger partial charge in [0.15, 0.2) is 0 Å². The average molecular weight is 214 g/mol. The number of carboxylic acid groups (broad SMARTS) is 1. The lowest BCUT2D eigenvalue weighted by molar-refractivity contribution is 0.195. The van der Waals surface area contributed by atoms with Crippen molar-refractivity contribution in [1.82, 2.24) is 10.4 Å². The number of halogens is 1. The maximum absolute atomic E-state index is 10.2. The van der Waals surface area contributed by atoms with Crippen molar-refractivity contribution < 1.29 is 9.90 Å². The first-order chi connectivity index (χ1) is 6.61. The van der Waals surface area contributed by atoms with Gasteiger partial charge in [-0.05, 0) is 13.0 Å². The van der Waals surface area contributed by atoms with Crippen molar-refractivity contribution in [3.8, 4) is 0 Å². The largest absolute Gasteiger partial charge is 0.464 e. The Morgan fingerprint density at radius 1 is 1.71 bits per heavy atom. The molecule has 0 aliphatic heterocycles. The average Bonchev–Trinajstić information content (AvgIpc) is 2.15. The van der Waals surface area contributed by atoms with E-state index in [1.165, 1.54) is 6.20 Å². The molecule has 1 aromatic rings.